The molecule has 168 valence electrons. The first kappa shape index (κ1) is 22.0. The number of allylic oxidation sites excluding steroid dienone is 1. The van der Waals surface area contributed by atoms with Gasteiger partial charge in [0.05, 0.1) is 29.4 Å². The fraction of sp³-hybridized carbons (Fsp3) is 0.565. The molecule has 3 aliphatic heterocycles. The van der Waals surface area contributed by atoms with Crippen LogP contribution in [0.15, 0.2) is 34.8 Å². The maximum absolute atomic E-state index is 13.2. The summed E-state index contributed by atoms with van der Waals surface area (Å²) in [6, 6.07) is 4.57. The molecule has 0 aliphatic carbocycles. The minimum absolute atomic E-state index is 0.0417. The first-order valence-corrected chi connectivity index (χ1v) is 10.8. The number of rotatable bonds is 4. The summed E-state index contributed by atoms with van der Waals surface area (Å²) in [7, 11) is 1.71. The number of aliphatic imine (C=N–C) groups is 1. The van der Waals surface area contributed by atoms with Crippen LogP contribution in [0.1, 0.15) is 44.0 Å². The summed E-state index contributed by atoms with van der Waals surface area (Å²) in [5, 5.41) is 24.5. The van der Waals surface area contributed by atoms with Crippen LogP contribution < -0.4 is 10.1 Å². The zero-order chi connectivity index (χ0) is 22.3. The molecule has 3 heterocycles. The van der Waals surface area contributed by atoms with Gasteiger partial charge < -0.3 is 29.9 Å². The maximum Gasteiger partial charge on any atom is 0.257 e. The molecule has 0 radical (unpaired) electrons. The van der Waals surface area contributed by atoms with Crippen LogP contribution in [0.2, 0.25) is 0 Å². The van der Waals surface area contributed by atoms with E-state index >= 15 is 0 Å². The van der Waals surface area contributed by atoms with Gasteiger partial charge in [0.1, 0.15) is 17.5 Å². The van der Waals surface area contributed by atoms with Crippen molar-refractivity contribution in [2.45, 2.75) is 69.8 Å². The predicted octanol–water partition coefficient (Wildman–Crippen LogP) is 1.78. The number of amides is 1. The summed E-state index contributed by atoms with van der Waals surface area (Å²) in [5.74, 6) is 0.280. The summed E-state index contributed by atoms with van der Waals surface area (Å²) in [5.41, 5.74) is 0.839. The van der Waals surface area contributed by atoms with E-state index in [4.69, 9.17) is 9.47 Å². The number of ether oxygens (including phenoxy) is 2. The average molecular weight is 430 g/mol. The van der Waals surface area contributed by atoms with Gasteiger partial charge in [0.25, 0.3) is 5.91 Å². The van der Waals surface area contributed by atoms with Gasteiger partial charge in [-0.05, 0) is 51.9 Å². The van der Waals surface area contributed by atoms with Crippen molar-refractivity contribution < 1.29 is 24.5 Å². The lowest BCUT2D eigenvalue weighted by atomic mass is 9.84. The normalized spacial score (nSPS) is 36.3. The van der Waals surface area contributed by atoms with Crippen LogP contribution in [-0.2, 0) is 4.74 Å². The molecular formula is C23H31N3O5. The fourth-order valence-electron chi connectivity index (χ4n) is 4.82. The van der Waals surface area contributed by atoms with E-state index in [1.165, 1.54) is 5.57 Å². The van der Waals surface area contributed by atoms with Crippen molar-refractivity contribution in [3.63, 3.8) is 0 Å². The highest BCUT2D eigenvalue weighted by molar-refractivity contribution is 6.03. The number of aliphatic hydroxyl groups excluding tert-OH is 1. The van der Waals surface area contributed by atoms with Crippen molar-refractivity contribution in [3.8, 4) is 5.75 Å². The molecule has 0 bridgehead atoms. The molecule has 3 N–H and O–H groups in total. The minimum Gasteiger partial charge on any atom is -0.462 e. The van der Waals surface area contributed by atoms with Gasteiger partial charge in [-0.3, -0.25) is 9.79 Å². The van der Waals surface area contributed by atoms with Gasteiger partial charge in [0.15, 0.2) is 0 Å². The molecule has 8 heteroatoms. The zero-order valence-electron chi connectivity index (χ0n) is 18.4. The van der Waals surface area contributed by atoms with E-state index in [-0.39, 0.29) is 11.9 Å². The smallest absolute Gasteiger partial charge is 0.257 e. The molecule has 1 aromatic rings. The summed E-state index contributed by atoms with van der Waals surface area (Å²) in [6.07, 6.45) is 3.01. The molecule has 2 fully saturated rings. The van der Waals surface area contributed by atoms with E-state index in [1.807, 2.05) is 18.0 Å². The minimum atomic E-state index is -1.45. The first-order chi connectivity index (χ1) is 14.8. The molecule has 4 rings (SSSR count). The number of benzene rings is 1. The van der Waals surface area contributed by atoms with Gasteiger partial charge in [-0.1, -0.05) is 18.6 Å². The molecule has 8 nitrogen and oxygen atoms in total. The van der Waals surface area contributed by atoms with Crippen LogP contribution in [0.25, 0.3) is 0 Å². The number of carbonyl (C=O) groups is 1. The second kappa shape index (κ2) is 8.35. The molecule has 1 amide bonds. The van der Waals surface area contributed by atoms with Crippen molar-refractivity contribution in [1.82, 2.24) is 10.2 Å². The van der Waals surface area contributed by atoms with Gasteiger partial charge in [-0.15, -0.1) is 0 Å². The topological polar surface area (TPSA) is 104 Å². The van der Waals surface area contributed by atoms with Crippen LogP contribution in [0.5, 0.6) is 5.75 Å². The lowest BCUT2D eigenvalue weighted by Crippen LogP contribution is -2.69. The zero-order valence-corrected chi connectivity index (χ0v) is 18.4. The van der Waals surface area contributed by atoms with Crippen molar-refractivity contribution in [2.75, 3.05) is 13.6 Å². The Morgan fingerprint density at radius 3 is 2.94 bits per heavy atom. The Kier molecular flexibility index (Phi) is 5.91. The Hall–Kier alpha value is -2.26. The van der Waals surface area contributed by atoms with Crippen molar-refractivity contribution in [1.29, 1.82) is 0 Å². The number of nitrogens with one attached hydrogen (secondary N) is 1. The molecule has 3 aliphatic rings. The maximum atomic E-state index is 13.2. The van der Waals surface area contributed by atoms with Gasteiger partial charge in [0.2, 0.25) is 6.29 Å². The van der Waals surface area contributed by atoms with Crippen LogP contribution in [0.4, 0.5) is 5.69 Å². The number of hydrogen-bond acceptors (Lipinski definition) is 7. The predicted molar refractivity (Wildman–Crippen MR) is 117 cm³/mol. The molecule has 6 atom stereocenters. The number of fused-ring (bicyclic) bond motifs is 2. The summed E-state index contributed by atoms with van der Waals surface area (Å²) in [6.45, 7) is 6.05. The van der Waals surface area contributed by atoms with Gasteiger partial charge in [-0.25, -0.2) is 0 Å². The molecule has 1 aromatic carbocycles. The van der Waals surface area contributed by atoms with E-state index < -0.39 is 30.1 Å². The Morgan fingerprint density at radius 2 is 2.23 bits per heavy atom. The van der Waals surface area contributed by atoms with Crippen LogP contribution in [0.3, 0.4) is 0 Å². The highest BCUT2D eigenvalue weighted by atomic mass is 16.7. The van der Waals surface area contributed by atoms with Crippen LogP contribution >= 0.6 is 0 Å². The summed E-state index contributed by atoms with van der Waals surface area (Å²) < 4.78 is 11.7. The number of likely N-dealkylation sites (N-methyl/N-ethyl adjacent to an activating group) is 1. The molecule has 0 aromatic heterocycles. The Balaban J connectivity index is 1.57. The number of aliphatic hydroxyl groups is 2. The third-order valence-electron chi connectivity index (χ3n) is 6.45. The Labute approximate surface area is 182 Å². The third-order valence-corrected chi connectivity index (χ3v) is 6.45. The number of hydrogen-bond donors (Lipinski definition) is 3. The summed E-state index contributed by atoms with van der Waals surface area (Å²) >= 11 is 0. The monoisotopic (exact) mass is 429 g/mol. The quantitative estimate of drug-likeness (QED) is 0.631. The SMILES string of the molecule is CCC=C1CC2C=Nc3ccc(OC4OC(C)C(NC)C(C)(O)C4O)cc3C(=O)N2C1. The van der Waals surface area contributed by atoms with Crippen molar-refractivity contribution in [2.24, 2.45) is 4.99 Å². The van der Waals surface area contributed by atoms with Crippen molar-refractivity contribution in [3.05, 3.63) is 35.4 Å². The van der Waals surface area contributed by atoms with Crippen LogP contribution in [-0.4, -0.2) is 77.0 Å². The van der Waals surface area contributed by atoms with E-state index in [0.29, 0.717) is 23.5 Å². The molecule has 6 unspecified atom stereocenters. The molecule has 31 heavy (non-hydrogen) atoms. The highest BCUT2D eigenvalue weighted by Crippen LogP contribution is 2.35. The molecule has 2 saturated heterocycles. The lowest BCUT2D eigenvalue weighted by Gasteiger charge is -2.47. The average Bonchev–Trinajstić information content (AvgIpc) is 3.08. The van der Waals surface area contributed by atoms with Crippen molar-refractivity contribution >= 4 is 17.8 Å². The number of nitrogens with zero attached hydrogens (tertiary/aromatic N) is 2. The van der Waals surface area contributed by atoms with E-state index in [0.717, 1.165) is 12.8 Å². The Morgan fingerprint density at radius 1 is 1.45 bits per heavy atom. The third kappa shape index (κ3) is 3.89. The molecule has 0 spiro atoms. The van der Waals surface area contributed by atoms with E-state index in [2.05, 4.69) is 23.3 Å². The fourth-order valence-corrected chi connectivity index (χ4v) is 4.82. The lowest BCUT2D eigenvalue weighted by molar-refractivity contribution is -0.272. The van der Waals surface area contributed by atoms with Gasteiger partial charge in [-0.2, -0.15) is 0 Å². The van der Waals surface area contributed by atoms with E-state index in [9.17, 15) is 15.0 Å². The molecule has 0 saturated carbocycles. The standard InChI is InChI=1S/C23H31N3O5/c1-5-6-14-9-15-11-25-18-8-7-16(10-17(18)21(28)26(15)12-14)31-22-20(27)23(3,29)19(24-4)13(2)30-22/h6-8,10-11,13,15,19-20,22,24,27,29H,5,9,12H2,1-4H3. The van der Waals surface area contributed by atoms with Gasteiger partial charge in [0, 0.05) is 12.8 Å². The Bertz CT molecular complexity index is 912. The molecular weight excluding hydrogens is 398 g/mol. The summed E-state index contributed by atoms with van der Waals surface area (Å²) in [4.78, 5) is 19.6. The van der Waals surface area contributed by atoms with Gasteiger partial charge >= 0.3 is 0 Å². The number of carbonyl (C=O) groups excluding carboxylic acids is 1. The highest BCUT2D eigenvalue weighted by Gasteiger charge is 2.51. The van der Waals surface area contributed by atoms with E-state index in [1.54, 1.807) is 32.2 Å². The second-order valence-electron chi connectivity index (χ2n) is 8.70. The van der Waals surface area contributed by atoms with Crippen LogP contribution in [0, 0.1) is 0 Å². The largest absolute Gasteiger partial charge is 0.462 e. The second-order valence-corrected chi connectivity index (χ2v) is 8.70. The first-order valence-electron chi connectivity index (χ1n) is 10.8.